The van der Waals surface area contributed by atoms with Crippen molar-refractivity contribution in [2.75, 3.05) is 16.4 Å². The quantitative estimate of drug-likeness (QED) is 0.663. The lowest BCUT2D eigenvalue weighted by atomic mass is 10.2. The molecule has 2 amide bonds. The summed E-state index contributed by atoms with van der Waals surface area (Å²) in [6.07, 6.45) is 0. The fourth-order valence-corrected chi connectivity index (χ4v) is 3.80. The van der Waals surface area contributed by atoms with Gasteiger partial charge in [0.2, 0.25) is 11.8 Å². The Morgan fingerprint density at radius 1 is 1.12 bits per heavy atom. The van der Waals surface area contributed by atoms with E-state index in [1.165, 1.54) is 23.1 Å². The van der Waals surface area contributed by atoms with Gasteiger partial charge in [-0.05, 0) is 38.1 Å². The minimum atomic E-state index is -0.356. The van der Waals surface area contributed by atoms with Crippen LogP contribution in [0.4, 0.5) is 10.8 Å². The summed E-state index contributed by atoms with van der Waals surface area (Å²) in [5, 5.41) is 5.88. The zero-order valence-corrected chi connectivity index (χ0v) is 16.1. The van der Waals surface area contributed by atoms with Gasteiger partial charge in [0.1, 0.15) is 0 Å². The van der Waals surface area contributed by atoms with Crippen molar-refractivity contribution >= 4 is 55.9 Å². The number of benzene rings is 2. The van der Waals surface area contributed by atoms with E-state index in [1.807, 2.05) is 55.5 Å². The molecule has 0 bridgehead atoms. The molecule has 7 heteroatoms. The summed E-state index contributed by atoms with van der Waals surface area (Å²) < 4.78 is 1.03. The molecule has 0 spiro atoms. The molecule has 0 saturated carbocycles. The Balaban J connectivity index is 1.49. The molecule has 2 aromatic carbocycles. The maximum Gasteiger partial charge on any atom is 0.239 e. The van der Waals surface area contributed by atoms with E-state index in [0.717, 1.165) is 21.5 Å². The highest BCUT2D eigenvalue weighted by Gasteiger charge is 2.17. The van der Waals surface area contributed by atoms with Gasteiger partial charge in [0.05, 0.1) is 21.2 Å². The largest absolute Gasteiger partial charge is 0.325 e. The van der Waals surface area contributed by atoms with Crippen LogP contribution in [0.15, 0.2) is 48.5 Å². The van der Waals surface area contributed by atoms with Gasteiger partial charge in [0, 0.05) is 5.69 Å². The van der Waals surface area contributed by atoms with Crippen molar-refractivity contribution < 1.29 is 9.59 Å². The number of carbonyl (C=O) groups is 2. The lowest BCUT2D eigenvalue weighted by molar-refractivity contribution is -0.115. The van der Waals surface area contributed by atoms with Gasteiger partial charge in [-0.1, -0.05) is 41.2 Å². The minimum Gasteiger partial charge on any atom is -0.325 e. The second kappa shape index (κ2) is 8.33. The number of anilines is 2. The Kier molecular flexibility index (Phi) is 5.90. The van der Waals surface area contributed by atoms with E-state index in [4.69, 9.17) is 0 Å². The average Bonchev–Trinajstić information content (AvgIpc) is 3.03. The Hall–Kier alpha value is -2.38. The van der Waals surface area contributed by atoms with Crippen LogP contribution >= 0.6 is 23.1 Å². The van der Waals surface area contributed by atoms with Gasteiger partial charge in [-0.3, -0.25) is 9.59 Å². The number of para-hydroxylation sites is 1. The zero-order chi connectivity index (χ0) is 18.5. The molecule has 134 valence electrons. The Bertz CT molecular complexity index is 889. The van der Waals surface area contributed by atoms with Gasteiger partial charge >= 0.3 is 0 Å². The number of amides is 2. The normalized spacial score (nSPS) is 11.9. The predicted molar refractivity (Wildman–Crippen MR) is 110 cm³/mol. The van der Waals surface area contributed by atoms with Gasteiger partial charge in [0.15, 0.2) is 5.13 Å². The van der Waals surface area contributed by atoms with E-state index < -0.39 is 0 Å². The molecule has 1 heterocycles. The smallest absolute Gasteiger partial charge is 0.239 e. The van der Waals surface area contributed by atoms with Crippen molar-refractivity contribution in [3.05, 3.63) is 54.1 Å². The summed E-state index contributed by atoms with van der Waals surface area (Å²) in [6.45, 7) is 3.78. The summed E-state index contributed by atoms with van der Waals surface area (Å²) in [4.78, 5) is 28.7. The molecule has 0 aliphatic rings. The van der Waals surface area contributed by atoms with Gasteiger partial charge in [0.25, 0.3) is 0 Å². The van der Waals surface area contributed by atoms with E-state index in [0.29, 0.717) is 5.13 Å². The highest BCUT2D eigenvalue weighted by Crippen LogP contribution is 2.26. The molecule has 26 heavy (non-hydrogen) atoms. The van der Waals surface area contributed by atoms with Crippen molar-refractivity contribution in [2.45, 2.75) is 19.1 Å². The molecule has 0 radical (unpaired) electrons. The first-order chi connectivity index (χ1) is 12.5. The first-order valence-corrected chi connectivity index (χ1v) is 10.0. The van der Waals surface area contributed by atoms with Gasteiger partial charge in [-0.15, -0.1) is 11.8 Å². The van der Waals surface area contributed by atoms with Crippen molar-refractivity contribution in [2.24, 2.45) is 0 Å². The fourth-order valence-electron chi connectivity index (χ4n) is 2.24. The number of thiazole rings is 1. The standard InChI is InChI=1S/C19H19N3O2S2/c1-12-7-9-14(10-8-12)20-17(23)11-25-13(2)18(24)22-19-21-15-5-3-4-6-16(15)26-19/h3-10,13H,11H2,1-2H3,(H,20,23)(H,21,22,24)/t13-/m1/s1. The highest BCUT2D eigenvalue weighted by atomic mass is 32.2. The Morgan fingerprint density at radius 3 is 2.58 bits per heavy atom. The fraction of sp³-hybridized carbons (Fsp3) is 0.211. The van der Waals surface area contributed by atoms with Crippen molar-refractivity contribution in [1.82, 2.24) is 4.98 Å². The maximum absolute atomic E-state index is 12.3. The van der Waals surface area contributed by atoms with Crippen LogP contribution in [-0.4, -0.2) is 27.8 Å². The second-order valence-electron chi connectivity index (χ2n) is 5.84. The molecule has 0 unspecified atom stereocenters. The third-order valence-corrected chi connectivity index (χ3v) is 5.79. The average molecular weight is 386 g/mol. The molecule has 2 N–H and O–H groups in total. The number of rotatable bonds is 6. The van der Waals surface area contributed by atoms with Crippen LogP contribution in [-0.2, 0) is 9.59 Å². The van der Waals surface area contributed by atoms with Crippen LogP contribution in [0.1, 0.15) is 12.5 Å². The van der Waals surface area contributed by atoms with Crippen molar-refractivity contribution in [3.8, 4) is 0 Å². The van der Waals surface area contributed by atoms with Crippen LogP contribution in [0, 0.1) is 6.92 Å². The number of thioether (sulfide) groups is 1. The van der Waals surface area contributed by atoms with Crippen molar-refractivity contribution in [1.29, 1.82) is 0 Å². The molecule has 1 atom stereocenters. The lowest BCUT2D eigenvalue weighted by Crippen LogP contribution is -2.24. The van der Waals surface area contributed by atoms with E-state index in [-0.39, 0.29) is 22.8 Å². The Morgan fingerprint density at radius 2 is 1.85 bits per heavy atom. The predicted octanol–water partition coefficient (Wildman–Crippen LogP) is 4.30. The molecule has 3 aromatic rings. The molecular formula is C19H19N3O2S2. The van der Waals surface area contributed by atoms with E-state index in [1.54, 1.807) is 6.92 Å². The first-order valence-electron chi connectivity index (χ1n) is 8.16. The number of aryl methyl sites for hydroxylation is 1. The lowest BCUT2D eigenvalue weighted by Gasteiger charge is -2.10. The topological polar surface area (TPSA) is 71.1 Å². The summed E-state index contributed by atoms with van der Waals surface area (Å²) >= 11 is 2.73. The molecule has 0 aliphatic heterocycles. The maximum atomic E-state index is 12.3. The van der Waals surface area contributed by atoms with Crippen molar-refractivity contribution in [3.63, 3.8) is 0 Å². The minimum absolute atomic E-state index is 0.126. The number of nitrogens with one attached hydrogen (secondary N) is 2. The number of hydrogen-bond acceptors (Lipinski definition) is 5. The summed E-state index contributed by atoms with van der Waals surface area (Å²) in [5.74, 6) is -0.0712. The van der Waals surface area contributed by atoms with Crippen LogP contribution in [0.2, 0.25) is 0 Å². The third kappa shape index (κ3) is 4.83. The molecular weight excluding hydrogens is 366 g/mol. The molecule has 0 fully saturated rings. The SMILES string of the molecule is Cc1ccc(NC(=O)CS[C@H](C)C(=O)Nc2nc3ccccc3s2)cc1. The summed E-state index contributed by atoms with van der Waals surface area (Å²) in [7, 11) is 0. The van der Waals surface area contributed by atoms with Crippen LogP contribution in [0.3, 0.4) is 0 Å². The van der Waals surface area contributed by atoms with E-state index in [9.17, 15) is 9.59 Å². The molecule has 0 aliphatic carbocycles. The van der Waals surface area contributed by atoms with E-state index >= 15 is 0 Å². The number of hydrogen-bond donors (Lipinski definition) is 2. The molecule has 0 saturated heterocycles. The molecule has 1 aromatic heterocycles. The number of nitrogens with zero attached hydrogens (tertiary/aromatic N) is 1. The second-order valence-corrected chi connectivity index (χ2v) is 8.20. The van der Waals surface area contributed by atoms with E-state index in [2.05, 4.69) is 15.6 Å². The summed E-state index contributed by atoms with van der Waals surface area (Å²) in [6, 6.07) is 15.3. The Labute approximate surface area is 160 Å². The van der Waals surface area contributed by atoms with Crippen LogP contribution in [0.5, 0.6) is 0 Å². The first kappa shape index (κ1) is 18.4. The molecule has 5 nitrogen and oxygen atoms in total. The van der Waals surface area contributed by atoms with Gasteiger partial charge < -0.3 is 10.6 Å². The zero-order valence-electron chi connectivity index (χ0n) is 14.5. The monoisotopic (exact) mass is 385 g/mol. The number of fused-ring (bicyclic) bond motifs is 1. The van der Waals surface area contributed by atoms with Gasteiger partial charge in [-0.25, -0.2) is 4.98 Å². The van der Waals surface area contributed by atoms with Crippen LogP contribution < -0.4 is 10.6 Å². The molecule has 3 rings (SSSR count). The van der Waals surface area contributed by atoms with Gasteiger partial charge in [-0.2, -0.15) is 0 Å². The highest BCUT2D eigenvalue weighted by molar-refractivity contribution is 8.01. The summed E-state index contributed by atoms with van der Waals surface area (Å²) in [5.41, 5.74) is 2.76. The van der Waals surface area contributed by atoms with Crippen LogP contribution in [0.25, 0.3) is 10.2 Å². The number of aromatic nitrogens is 1. The third-order valence-electron chi connectivity index (χ3n) is 3.69. The number of carbonyl (C=O) groups excluding carboxylic acids is 2.